The zero-order valence-electron chi connectivity index (χ0n) is 10.3. The van der Waals surface area contributed by atoms with Crippen molar-refractivity contribution in [3.05, 3.63) is 35.9 Å². The molecule has 0 amide bonds. The van der Waals surface area contributed by atoms with Crippen molar-refractivity contribution < 1.29 is 14.3 Å². The molecule has 17 heavy (non-hydrogen) atoms. The second-order valence-corrected chi connectivity index (χ2v) is 4.77. The number of hydrogen-bond donors (Lipinski definition) is 0. The fourth-order valence-corrected chi connectivity index (χ4v) is 2.01. The highest BCUT2D eigenvalue weighted by Crippen LogP contribution is 2.30. The lowest BCUT2D eigenvalue weighted by atomic mass is 9.94. The van der Waals surface area contributed by atoms with E-state index in [1.165, 1.54) is 0 Å². The Labute approximate surface area is 102 Å². The predicted molar refractivity (Wildman–Crippen MR) is 64.1 cm³/mol. The van der Waals surface area contributed by atoms with E-state index in [2.05, 4.69) is 13.8 Å². The van der Waals surface area contributed by atoms with Gasteiger partial charge in [0.1, 0.15) is 0 Å². The maximum atomic E-state index is 11.3. The molecule has 3 nitrogen and oxygen atoms in total. The monoisotopic (exact) mass is 234 g/mol. The van der Waals surface area contributed by atoms with Crippen LogP contribution in [0.5, 0.6) is 0 Å². The van der Waals surface area contributed by atoms with E-state index in [0.29, 0.717) is 18.9 Å². The van der Waals surface area contributed by atoms with Crippen LogP contribution in [0, 0.1) is 11.8 Å². The summed E-state index contributed by atoms with van der Waals surface area (Å²) in [4.78, 5) is 11.3. The largest absolute Gasteiger partial charge is 0.435 e. The average Bonchev–Trinajstić information content (AvgIpc) is 2.69. The molecule has 1 aliphatic heterocycles. The summed E-state index contributed by atoms with van der Waals surface area (Å²) in [7, 11) is 0. The average molecular weight is 234 g/mol. The van der Waals surface area contributed by atoms with Gasteiger partial charge in [0.05, 0.1) is 13.0 Å². The van der Waals surface area contributed by atoms with Crippen molar-refractivity contribution in [2.24, 2.45) is 11.8 Å². The minimum atomic E-state index is -0.386. The number of esters is 1. The number of carbonyl (C=O) groups is 1. The van der Waals surface area contributed by atoms with Gasteiger partial charge in [-0.1, -0.05) is 44.2 Å². The molecule has 0 N–H and O–H groups in total. The first kappa shape index (κ1) is 12.1. The molecule has 0 aliphatic carbocycles. The number of hydrogen-bond acceptors (Lipinski definition) is 3. The van der Waals surface area contributed by atoms with Crippen LogP contribution in [-0.4, -0.2) is 12.3 Å². The van der Waals surface area contributed by atoms with Gasteiger partial charge >= 0.3 is 5.97 Å². The number of rotatable bonds is 4. The third kappa shape index (κ3) is 3.07. The summed E-state index contributed by atoms with van der Waals surface area (Å²) in [5, 5.41) is 0. The van der Waals surface area contributed by atoms with Gasteiger partial charge in [-0.05, 0) is 11.5 Å². The third-order valence-corrected chi connectivity index (χ3v) is 3.11. The fourth-order valence-electron chi connectivity index (χ4n) is 2.01. The Morgan fingerprint density at radius 1 is 1.35 bits per heavy atom. The fraction of sp³-hybridized carbons (Fsp3) is 0.500. The standard InChI is InChI=1S/C14H18O3/c1-10(2)12-8-13(15)17-14(12)16-9-11-6-4-3-5-7-11/h3-7,10,12,14H,8-9H2,1-2H3. The lowest BCUT2D eigenvalue weighted by Gasteiger charge is -2.20. The van der Waals surface area contributed by atoms with E-state index >= 15 is 0 Å². The molecule has 2 rings (SSSR count). The van der Waals surface area contributed by atoms with Gasteiger partial charge in [-0.3, -0.25) is 4.79 Å². The molecule has 3 heteroatoms. The highest BCUT2D eigenvalue weighted by Gasteiger charge is 2.37. The molecule has 0 saturated carbocycles. The quantitative estimate of drug-likeness (QED) is 0.751. The van der Waals surface area contributed by atoms with E-state index in [1.807, 2.05) is 30.3 Å². The topological polar surface area (TPSA) is 35.5 Å². The van der Waals surface area contributed by atoms with E-state index in [-0.39, 0.29) is 18.2 Å². The Morgan fingerprint density at radius 3 is 2.71 bits per heavy atom. The molecule has 1 saturated heterocycles. The molecule has 1 aromatic carbocycles. The summed E-state index contributed by atoms with van der Waals surface area (Å²) in [5.41, 5.74) is 1.10. The van der Waals surface area contributed by atoms with Crippen LogP contribution in [-0.2, 0) is 20.9 Å². The molecule has 1 heterocycles. The van der Waals surface area contributed by atoms with Crippen LogP contribution in [0.1, 0.15) is 25.8 Å². The molecule has 0 radical (unpaired) electrons. The Hall–Kier alpha value is -1.35. The Kier molecular flexibility index (Phi) is 3.79. The number of cyclic esters (lactones) is 1. The summed E-state index contributed by atoms with van der Waals surface area (Å²) >= 11 is 0. The zero-order valence-corrected chi connectivity index (χ0v) is 10.3. The van der Waals surface area contributed by atoms with Crippen molar-refractivity contribution in [3.63, 3.8) is 0 Å². The van der Waals surface area contributed by atoms with Gasteiger partial charge in [0, 0.05) is 5.92 Å². The van der Waals surface area contributed by atoms with Gasteiger partial charge in [0.15, 0.2) is 0 Å². The van der Waals surface area contributed by atoms with Crippen LogP contribution in [0.2, 0.25) is 0 Å². The van der Waals surface area contributed by atoms with Crippen molar-refractivity contribution in [3.8, 4) is 0 Å². The van der Waals surface area contributed by atoms with Crippen molar-refractivity contribution in [2.75, 3.05) is 0 Å². The van der Waals surface area contributed by atoms with E-state index < -0.39 is 0 Å². The molecule has 2 unspecified atom stereocenters. The summed E-state index contributed by atoms with van der Waals surface area (Å²) < 4.78 is 10.9. The molecule has 0 spiro atoms. The van der Waals surface area contributed by atoms with Crippen molar-refractivity contribution in [1.29, 1.82) is 0 Å². The van der Waals surface area contributed by atoms with E-state index in [4.69, 9.17) is 9.47 Å². The summed E-state index contributed by atoms with van der Waals surface area (Å²) in [5.74, 6) is 0.412. The SMILES string of the molecule is CC(C)C1CC(=O)OC1OCc1ccccc1. The molecule has 0 bridgehead atoms. The van der Waals surface area contributed by atoms with Gasteiger partial charge in [0.2, 0.25) is 6.29 Å². The van der Waals surface area contributed by atoms with Gasteiger partial charge in [0.25, 0.3) is 0 Å². The molecule has 2 atom stereocenters. The first-order chi connectivity index (χ1) is 8.16. The predicted octanol–water partition coefficient (Wildman–Crippen LogP) is 2.75. The van der Waals surface area contributed by atoms with E-state index in [9.17, 15) is 4.79 Å². The molecule has 0 aromatic heterocycles. The highest BCUT2D eigenvalue weighted by molar-refractivity contribution is 5.71. The van der Waals surface area contributed by atoms with Crippen LogP contribution < -0.4 is 0 Å². The Bertz CT molecular complexity index is 372. The first-order valence-corrected chi connectivity index (χ1v) is 6.02. The lowest BCUT2D eigenvalue weighted by molar-refractivity contribution is -0.172. The first-order valence-electron chi connectivity index (χ1n) is 6.02. The smallest absolute Gasteiger partial charge is 0.308 e. The minimum absolute atomic E-state index is 0.151. The zero-order chi connectivity index (χ0) is 12.3. The number of benzene rings is 1. The van der Waals surface area contributed by atoms with Crippen molar-refractivity contribution in [2.45, 2.75) is 33.2 Å². The molecule has 92 valence electrons. The van der Waals surface area contributed by atoms with E-state index in [1.54, 1.807) is 0 Å². The van der Waals surface area contributed by atoms with Gasteiger partial charge in [-0.25, -0.2) is 0 Å². The molecule has 1 fully saturated rings. The van der Waals surface area contributed by atoms with Crippen LogP contribution in [0.25, 0.3) is 0 Å². The molecular formula is C14H18O3. The second kappa shape index (κ2) is 5.32. The van der Waals surface area contributed by atoms with Crippen LogP contribution in [0.3, 0.4) is 0 Å². The van der Waals surface area contributed by atoms with Gasteiger partial charge in [-0.15, -0.1) is 0 Å². The highest BCUT2D eigenvalue weighted by atomic mass is 16.7. The Morgan fingerprint density at radius 2 is 2.06 bits per heavy atom. The normalized spacial score (nSPS) is 24.1. The van der Waals surface area contributed by atoms with Crippen LogP contribution in [0.4, 0.5) is 0 Å². The molecular weight excluding hydrogens is 216 g/mol. The third-order valence-electron chi connectivity index (χ3n) is 3.11. The number of carbonyl (C=O) groups excluding carboxylic acids is 1. The van der Waals surface area contributed by atoms with Crippen molar-refractivity contribution in [1.82, 2.24) is 0 Å². The summed E-state index contributed by atoms with van der Waals surface area (Å²) in [6, 6.07) is 9.91. The minimum Gasteiger partial charge on any atom is -0.435 e. The second-order valence-electron chi connectivity index (χ2n) is 4.77. The van der Waals surface area contributed by atoms with Crippen molar-refractivity contribution >= 4 is 5.97 Å². The van der Waals surface area contributed by atoms with Crippen LogP contribution >= 0.6 is 0 Å². The Balaban J connectivity index is 1.92. The van der Waals surface area contributed by atoms with Gasteiger partial charge < -0.3 is 9.47 Å². The summed E-state index contributed by atoms with van der Waals surface area (Å²) in [6.07, 6.45) is 0.0830. The van der Waals surface area contributed by atoms with E-state index in [0.717, 1.165) is 5.56 Å². The maximum absolute atomic E-state index is 11.3. The molecule has 1 aromatic rings. The summed E-state index contributed by atoms with van der Waals surface area (Å²) in [6.45, 7) is 4.67. The maximum Gasteiger partial charge on any atom is 0.308 e. The van der Waals surface area contributed by atoms with Gasteiger partial charge in [-0.2, -0.15) is 0 Å². The molecule has 1 aliphatic rings. The lowest BCUT2D eigenvalue weighted by Crippen LogP contribution is -2.23. The number of ether oxygens (including phenoxy) is 2. The van der Waals surface area contributed by atoms with Crippen LogP contribution in [0.15, 0.2) is 30.3 Å².